The summed E-state index contributed by atoms with van der Waals surface area (Å²) in [6.45, 7) is 1.97. The SMILES string of the molecule is CS(=O)(=O)N1CCC(C(=O)N2CCc3nc(NC(=O)C4CC4)sc3C2)CC1. The van der Waals surface area contributed by atoms with Gasteiger partial charge in [0, 0.05) is 42.8 Å². The van der Waals surface area contributed by atoms with E-state index in [2.05, 4.69) is 10.3 Å². The predicted octanol–water partition coefficient (Wildman–Crippen LogP) is 1.05. The second-order valence-corrected chi connectivity index (χ2v) is 10.7. The first-order valence-corrected chi connectivity index (χ1v) is 12.0. The van der Waals surface area contributed by atoms with Gasteiger partial charge in [0.15, 0.2) is 5.13 Å². The second kappa shape index (κ2) is 7.14. The molecule has 1 N–H and O–H groups in total. The van der Waals surface area contributed by atoms with Crippen LogP contribution in [-0.2, 0) is 32.6 Å². The van der Waals surface area contributed by atoms with Gasteiger partial charge in [0.05, 0.1) is 18.5 Å². The van der Waals surface area contributed by atoms with Crippen LogP contribution in [-0.4, -0.2) is 60.3 Å². The number of nitrogens with zero attached hydrogens (tertiary/aromatic N) is 3. The lowest BCUT2D eigenvalue weighted by Crippen LogP contribution is -2.45. The molecule has 3 aliphatic rings. The Morgan fingerprint density at radius 1 is 1.11 bits per heavy atom. The minimum atomic E-state index is -3.18. The van der Waals surface area contributed by atoms with Crippen molar-refractivity contribution in [3.63, 3.8) is 0 Å². The van der Waals surface area contributed by atoms with Crippen LogP contribution in [0.1, 0.15) is 36.3 Å². The monoisotopic (exact) mass is 412 g/mol. The first-order chi connectivity index (χ1) is 12.8. The first kappa shape index (κ1) is 18.8. The summed E-state index contributed by atoms with van der Waals surface area (Å²) in [4.78, 5) is 32.2. The lowest BCUT2D eigenvalue weighted by atomic mass is 9.96. The quantitative estimate of drug-likeness (QED) is 0.797. The van der Waals surface area contributed by atoms with E-state index in [1.54, 1.807) is 0 Å². The molecule has 2 fully saturated rings. The number of nitrogens with one attached hydrogen (secondary N) is 1. The van der Waals surface area contributed by atoms with Crippen molar-refractivity contribution in [1.29, 1.82) is 0 Å². The fraction of sp³-hybridized carbons (Fsp3) is 0.706. The Hall–Kier alpha value is -1.52. The molecule has 10 heteroatoms. The standard InChI is InChI=1S/C17H24N4O4S2/c1-27(24,25)21-8-4-12(5-9-21)16(23)20-7-6-13-14(10-20)26-17(18-13)19-15(22)11-2-3-11/h11-12H,2-10H2,1H3,(H,18,19,22). The number of hydrogen-bond acceptors (Lipinski definition) is 6. The third kappa shape index (κ3) is 4.17. The van der Waals surface area contributed by atoms with Crippen molar-refractivity contribution in [2.75, 3.05) is 31.2 Å². The molecule has 2 aliphatic heterocycles. The second-order valence-electron chi connectivity index (χ2n) is 7.60. The van der Waals surface area contributed by atoms with Crippen LogP contribution in [0.5, 0.6) is 0 Å². The van der Waals surface area contributed by atoms with Gasteiger partial charge in [-0.1, -0.05) is 11.3 Å². The van der Waals surface area contributed by atoms with E-state index in [1.807, 2.05) is 4.90 Å². The third-order valence-electron chi connectivity index (χ3n) is 5.49. The molecule has 3 heterocycles. The maximum atomic E-state index is 12.9. The summed E-state index contributed by atoms with van der Waals surface area (Å²) in [5.74, 6) is 0.172. The number of aromatic nitrogens is 1. The van der Waals surface area contributed by atoms with Gasteiger partial charge >= 0.3 is 0 Å². The van der Waals surface area contributed by atoms with Crippen molar-refractivity contribution < 1.29 is 18.0 Å². The Labute approximate surface area is 163 Å². The molecular formula is C17H24N4O4S2. The lowest BCUT2D eigenvalue weighted by Gasteiger charge is -2.34. The van der Waals surface area contributed by atoms with E-state index < -0.39 is 10.0 Å². The molecule has 4 rings (SSSR count). The number of piperidine rings is 1. The summed E-state index contributed by atoms with van der Waals surface area (Å²) in [7, 11) is -3.18. The molecule has 1 aromatic heterocycles. The van der Waals surface area contributed by atoms with Crippen LogP contribution in [0.25, 0.3) is 0 Å². The van der Waals surface area contributed by atoms with E-state index in [4.69, 9.17) is 0 Å². The van der Waals surface area contributed by atoms with E-state index in [-0.39, 0.29) is 23.7 Å². The van der Waals surface area contributed by atoms with Crippen molar-refractivity contribution in [2.24, 2.45) is 11.8 Å². The van der Waals surface area contributed by atoms with Crippen LogP contribution < -0.4 is 5.32 Å². The highest BCUT2D eigenvalue weighted by molar-refractivity contribution is 7.88. The minimum Gasteiger partial charge on any atom is -0.337 e. The molecule has 0 aromatic carbocycles. The van der Waals surface area contributed by atoms with E-state index >= 15 is 0 Å². The number of hydrogen-bond donors (Lipinski definition) is 1. The maximum absolute atomic E-state index is 12.9. The van der Waals surface area contributed by atoms with Gasteiger partial charge in [0.2, 0.25) is 21.8 Å². The summed E-state index contributed by atoms with van der Waals surface area (Å²) in [6, 6.07) is 0. The van der Waals surface area contributed by atoms with Gasteiger partial charge < -0.3 is 10.2 Å². The molecule has 0 bridgehead atoms. The summed E-state index contributed by atoms with van der Waals surface area (Å²) in [5.41, 5.74) is 0.974. The van der Waals surface area contributed by atoms with Crippen molar-refractivity contribution in [1.82, 2.24) is 14.2 Å². The van der Waals surface area contributed by atoms with Crippen molar-refractivity contribution in [3.05, 3.63) is 10.6 Å². The van der Waals surface area contributed by atoms with Crippen LogP contribution in [0.2, 0.25) is 0 Å². The molecule has 27 heavy (non-hydrogen) atoms. The summed E-state index contributed by atoms with van der Waals surface area (Å²) >= 11 is 1.46. The zero-order valence-electron chi connectivity index (χ0n) is 15.3. The van der Waals surface area contributed by atoms with Gasteiger partial charge in [0.25, 0.3) is 0 Å². The number of sulfonamides is 1. The minimum absolute atomic E-state index is 0.0478. The summed E-state index contributed by atoms with van der Waals surface area (Å²) < 4.78 is 24.7. The average Bonchev–Trinajstić information content (AvgIpc) is 3.41. The molecule has 8 nitrogen and oxygen atoms in total. The lowest BCUT2D eigenvalue weighted by molar-refractivity contribution is -0.137. The fourth-order valence-corrected chi connectivity index (χ4v) is 5.58. The van der Waals surface area contributed by atoms with E-state index in [1.165, 1.54) is 21.9 Å². The number of carbonyl (C=O) groups is 2. The molecule has 0 spiro atoms. The number of thiazole rings is 1. The van der Waals surface area contributed by atoms with Gasteiger partial charge in [-0.2, -0.15) is 0 Å². The first-order valence-electron chi connectivity index (χ1n) is 9.34. The highest BCUT2D eigenvalue weighted by atomic mass is 32.2. The largest absolute Gasteiger partial charge is 0.337 e. The zero-order chi connectivity index (χ0) is 19.2. The number of fused-ring (bicyclic) bond motifs is 1. The fourth-order valence-electron chi connectivity index (χ4n) is 3.68. The van der Waals surface area contributed by atoms with E-state index in [9.17, 15) is 18.0 Å². The Morgan fingerprint density at radius 2 is 1.81 bits per heavy atom. The average molecular weight is 413 g/mol. The molecule has 0 radical (unpaired) electrons. The van der Waals surface area contributed by atoms with Crippen LogP contribution >= 0.6 is 11.3 Å². The van der Waals surface area contributed by atoms with Gasteiger partial charge in [0.1, 0.15) is 0 Å². The Balaban J connectivity index is 1.35. The highest BCUT2D eigenvalue weighted by Crippen LogP contribution is 2.33. The van der Waals surface area contributed by atoms with Crippen molar-refractivity contribution in [2.45, 2.75) is 38.6 Å². The molecule has 0 atom stereocenters. The molecule has 1 aliphatic carbocycles. The smallest absolute Gasteiger partial charge is 0.229 e. The van der Waals surface area contributed by atoms with E-state index in [0.29, 0.717) is 50.6 Å². The van der Waals surface area contributed by atoms with Crippen LogP contribution in [0.4, 0.5) is 5.13 Å². The number of rotatable bonds is 4. The highest BCUT2D eigenvalue weighted by Gasteiger charge is 2.34. The van der Waals surface area contributed by atoms with Gasteiger partial charge in [-0.3, -0.25) is 9.59 Å². The van der Waals surface area contributed by atoms with E-state index in [0.717, 1.165) is 23.4 Å². The van der Waals surface area contributed by atoms with Gasteiger partial charge in [-0.05, 0) is 25.7 Å². The zero-order valence-corrected chi connectivity index (χ0v) is 16.9. The molecule has 2 amide bonds. The third-order valence-corrected chi connectivity index (χ3v) is 7.79. The molecule has 148 valence electrons. The van der Waals surface area contributed by atoms with Crippen LogP contribution in [0.3, 0.4) is 0 Å². The Kier molecular flexibility index (Phi) is 4.98. The number of carbonyl (C=O) groups excluding carboxylic acids is 2. The number of anilines is 1. The molecular weight excluding hydrogens is 388 g/mol. The van der Waals surface area contributed by atoms with Crippen molar-refractivity contribution in [3.8, 4) is 0 Å². The molecule has 1 saturated carbocycles. The summed E-state index contributed by atoms with van der Waals surface area (Å²) in [5, 5.41) is 3.52. The van der Waals surface area contributed by atoms with Gasteiger partial charge in [-0.25, -0.2) is 17.7 Å². The van der Waals surface area contributed by atoms with Crippen LogP contribution in [0.15, 0.2) is 0 Å². The predicted molar refractivity (Wildman–Crippen MR) is 102 cm³/mol. The van der Waals surface area contributed by atoms with Gasteiger partial charge in [-0.15, -0.1) is 0 Å². The number of amides is 2. The van der Waals surface area contributed by atoms with Crippen molar-refractivity contribution >= 4 is 38.3 Å². The molecule has 1 saturated heterocycles. The molecule has 1 aromatic rings. The maximum Gasteiger partial charge on any atom is 0.229 e. The molecule has 0 unspecified atom stereocenters. The summed E-state index contributed by atoms with van der Waals surface area (Å²) in [6.07, 6.45) is 4.96. The van der Waals surface area contributed by atoms with Crippen LogP contribution in [0, 0.1) is 11.8 Å². The Bertz CT molecular complexity index is 854. The topological polar surface area (TPSA) is 99.7 Å². The Morgan fingerprint density at radius 3 is 2.44 bits per heavy atom. The normalized spacial score (nSPS) is 21.7.